The van der Waals surface area contributed by atoms with Crippen molar-refractivity contribution in [2.24, 2.45) is 0 Å². The molecular formula is C29H34ClFN4O4. The summed E-state index contributed by atoms with van der Waals surface area (Å²) in [6.07, 6.45) is 0. The molecule has 3 amide bonds. The molecule has 4 rings (SSSR count). The predicted octanol–water partition coefficient (Wildman–Crippen LogP) is 5.08. The van der Waals surface area contributed by atoms with Crippen LogP contribution in [0.1, 0.15) is 22.6 Å². The summed E-state index contributed by atoms with van der Waals surface area (Å²) < 4.78 is 24.6. The number of halogens is 2. The first-order valence-electron chi connectivity index (χ1n) is 13.0. The van der Waals surface area contributed by atoms with Crippen molar-refractivity contribution in [2.75, 3.05) is 51.3 Å². The lowest BCUT2D eigenvalue weighted by Gasteiger charge is -2.31. The highest BCUT2D eigenvalue weighted by atomic mass is 35.5. The zero-order valence-corrected chi connectivity index (χ0v) is 23.0. The molecule has 0 bridgehead atoms. The highest BCUT2D eigenvalue weighted by Crippen LogP contribution is 2.20. The molecule has 3 aromatic rings. The van der Waals surface area contributed by atoms with Gasteiger partial charge in [0, 0.05) is 43.4 Å². The third-order valence-electron chi connectivity index (χ3n) is 6.61. The van der Waals surface area contributed by atoms with E-state index in [1.807, 2.05) is 32.0 Å². The first-order valence-corrected chi connectivity index (χ1v) is 13.3. The fourth-order valence-electron chi connectivity index (χ4n) is 4.28. The lowest BCUT2D eigenvalue weighted by atomic mass is 10.2. The number of nitrogens with zero attached hydrogens (tertiary/aromatic N) is 3. The molecule has 8 nitrogen and oxygen atoms in total. The Kier molecular flexibility index (Phi) is 9.97. The average Bonchev–Trinajstić information content (AvgIpc) is 3.34. The second kappa shape index (κ2) is 13.6. The molecule has 0 atom stereocenters. The van der Waals surface area contributed by atoms with Crippen molar-refractivity contribution in [1.82, 2.24) is 14.7 Å². The number of morpholine rings is 1. The molecule has 10 heteroatoms. The molecule has 1 saturated heterocycles. The molecule has 1 N–H and O–H groups in total. The first kappa shape index (κ1) is 28.6. The maximum atomic E-state index is 13.7. The summed E-state index contributed by atoms with van der Waals surface area (Å²) in [6.45, 7) is 7.81. The first-order chi connectivity index (χ1) is 18.8. The van der Waals surface area contributed by atoms with Gasteiger partial charge in [-0.15, -0.1) is 0 Å². The molecule has 39 heavy (non-hydrogen) atoms. The van der Waals surface area contributed by atoms with Crippen molar-refractivity contribution in [3.63, 3.8) is 0 Å². The minimum absolute atomic E-state index is 0.142. The molecule has 2 heterocycles. The number of urea groups is 1. The molecule has 0 unspecified atom stereocenters. The standard InChI is InChI=1S/C29H34ClFN4O4/c1-21-3-9-25(17-27(21)30)32-29(37)34(12-11-33-13-15-38-16-14-33)20-28(36)35(19-26-10-4-22(2)39-26)18-23-5-7-24(31)8-6-23/h3-10,17H,11-16,18-20H2,1-2H3,(H,32,37). The third kappa shape index (κ3) is 8.54. The van der Waals surface area contributed by atoms with E-state index in [1.54, 1.807) is 29.2 Å². The quantitative estimate of drug-likeness (QED) is 0.377. The van der Waals surface area contributed by atoms with Crippen molar-refractivity contribution in [3.8, 4) is 0 Å². The van der Waals surface area contributed by atoms with Gasteiger partial charge in [-0.05, 0) is 61.4 Å². The summed E-state index contributed by atoms with van der Waals surface area (Å²) in [7, 11) is 0. The van der Waals surface area contributed by atoms with Crippen molar-refractivity contribution < 1.29 is 23.1 Å². The Labute approximate surface area is 233 Å². The number of hydrogen-bond donors (Lipinski definition) is 1. The van der Waals surface area contributed by atoms with Crippen LogP contribution < -0.4 is 5.32 Å². The van der Waals surface area contributed by atoms with E-state index >= 15 is 0 Å². The van der Waals surface area contributed by atoms with Gasteiger partial charge < -0.3 is 24.3 Å². The van der Waals surface area contributed by atoms with Crippen LogP contribution in [-0.2, 0) is 22.6 Å². The molecule has 0 radical (unpaired) electrons. The minimum atomic E-state index is -0.396. The fourth-order valence-corrected chi connectivity index (χ4v) is 4.46. The number of aryl methyl sites for hydroxylation is 2. The lowest BCUT2D eigenvalue weighted by Crippen LogP contribution is -2.48. The van der Waals surface area contributed by atoms with Gasteiger partial charge in [-0.1, -0.05) is 29.8 Å². The molecule has 1 aliphatic heterocycles. The molecular weight excluding hydrogens is 523 g/mol. The zero-order chi connectivity index (χ0) is 27.8. The van der Waals surface area contributed by atoms with Crippen LogP contribution in [0.25, 0.3) is 0 Å². The van der Waals surface area contributed by atoms with Gasteiger partial charge in [0.15, 0.2) is 0 Å². The van der Waals surface area contributed by atoms with Crippen LogP contribution in [-0.4, -0.2) is 72.6 Å². The zero-order valence-electron chi connectivity index (χ0n) is 22.3. The smallest absolute Gasteiger partial charge is 0.322 e. The van der Waals surface area contributed by atoms with E-state index in [0.29, 0.717) is 42.8 Å². The van der Waals surface area contributed by atoms with Gasteiger partial charge in [0.05, 0.1) is 19.8 Å². The number of ether oxygens (including phenoxy) is 1. The van der Waals surface area contributed by atoms with Crippen molar-refractivity contribution in [3.05, 3.63) is 88.1 Å². The molecule has 2 aromatic carbocycles. The average molecular weight is 557 g/mol. The van der Waals surface area contributed by atoms with Gasteiger partial charge in [0.1, 0.15) is 23.9 Å². The van der Waals surface area contributed by atoms with Crippen LogP contribution in [0, 0.1) is 19.7 Å². The van der Waals surface area contributed by atoms with Crippen molar-refractivity contribution in [2.45, 2.75) is 26.9 Å². The summed E-state index contributed by atoms with van der Waals surface area (Å²) in [6, 6.07) is 14.6. The Balaban J connectivity index is 1.51. The highest BCUT2D eigenvalue weighted by molar-refractivity contribution is 6.31. The highest BCUT2D eigenvalue weighted by Gasteiger charge is 2.24. The molecule has 1 fully saturated rings. The van der Waals surface area contributed by atoms with Crippen LogP contribution in [0.3, 0.4) is 0 Å². The number of furan rings is 1. The Morgan fingerprint density at radius 1 is 1.00 bits per heavy atom. The number of amides is 3. The summed E-state index contributed by atoms with van der Waals surface area (Å²) >= 11 is 6.25. The van der Waals surface area contributed by atoms with Crippen LogP contribution in [0.2, 0.25) is 5.02 Å². The molecule has 208 valence electrons. The Hall–Kier alpha value is -3.40. The topological polar surface area (TPSA) is 78.3 Å². The molecule has 0 spiro atoms. The molecule has 1 aliphatic rings. The van der Waals surface area contributed by atoms with Gasteiger partial charge in [0.2, 0.25) is 5.91 Å². The third-order valence-corrected chi connectivity index (χ3v) is 7.02. The van der Waals surface area contributed by atoms with Crippen LogP contribution in [0.15, 0.2) is 59.0 Å². The van der Waals surface area contributed by atoms with E-state index in [9.17, 15) is 14.0 Å². The van der Waals surface area contributed by atoms with Gasteiger partial charge in [-0.3, -0.25) is 9.69 Å². The van der Waals surface area contributed by atoms with Gasteiger partial charge in [-0.2, -0.15) is 0 Å². The number of hydrogen-bond acceptors (Lipinski definition) is 5. The van der Waals surface area contributed by atoms with Crippen LogP contribution >= 0.6 is 11.6 Å². The maximum Gasteiger partial charge on any atom is 0.322 e. The van der Waals surface area contributed by atoms with E-state index in [4.69, 9.17) is 20.8 Å². The fraction of sp³-hybridized carbons (Fsp3) is 0.379. The summed E-state index contributed by atoms with van der Waals surface area (Å²) in [5.41, 5.74) is 2.22. The Bertz CT molecular complexity index is 1260. The monoisotopic (exact) mass is 556 g/mol. The second-order valence-corrected chi connectivity index (χ2v) is 10.1. The number of benzene rings is 2. The van der Waals surface area contributed by atoms with E-state index in [2.05, 4.69) is 10.2 Å². The normalized spacial score (nSPS) is 13.7. The number of anilines is 1. The van der Waals surface area contributed by atoms with Crippen molar-refractivity contribution in [1.29, 1.82) is 0 Å². The van der Waals surface area contributed by atoms with Gasteiger partial charge >= 0.3 is 6.03 Å². The van der Waals surface area contributed by atoms with Gasteiger partial charge in [0.25, 0.3) is 0 Å². The number of nitrogens with one attached hydrogen (secondary N) is 1. The molecule has 1 aromatic heterocycles. The predicted molar refractivity (Wildman–Crippen MR) is 148 cm³/mol. The van der Waals surface area contributed by atoms with E-state index in [-0.39, 0.29) is 31.4 Å². The SMILES string of the molecule is Cc1ccc(CN(Cc2ccc(F)cc2)C(=O)CN(CCN2CCOCC2)C(=O)Nc2ccc(C)c(Cl)c2)o1. The summed E-state index contributed by atoms with van der Waals surface area (Å²) in [4.78, 5) is 32.4. The number of carbonyl (C=O) groups is 2. The van der Waals surface area contributed by atoms with E-state index in [1.165, 1.54) is 17.0 Å². The van der Waals surface area contributed by atoms with E-state index < -0.39 is 6.03 Å². The number of rotatable bonds is 10. The lowest BCUT2D eigenvalue weighted by molar-refractivity contribution is -0.133. The molecule has 0 aliphatic carbocycles. The largest absolute Gasteiger partial charge is 0.464 e. The Morgan fingerprint density at radius 3 is 2.41 bits per heavy atom. The maximum absolute atomic E-state index is 13.7. The summed E-state index contributed by atoms with van der Waals surface area (Å²) in [5.74, 6) is 0.761. The van der Waals surface area contributed by atoms with Crippen LogP contribution in [0.4, 0.5) is 14.9 Å². The van der Waals surface area contributed by atoms with Gasteiger partial charge in [-0.25, -0.2) is 9.18 Å². The second-order valence-electron chi connectivity index (χ2n) is 9.66. The minimum Gasteiger partial charge on any atom is -0.464 e. The molecule has 0 saturated carbocycles. The van der Waals surface area contributed by atoms with Crippen molar-refractivity contribution >= 4 is 29.2 Å². The Morgan fingerprint density at radius 2 is 1.74 bits per heavy atom. The van der Waals surface area contributed by atoms with Crippen LogP contribution in [0.5, 0.6) is 0 Å². The number of carbonyl (C=O) groups excluding carboxylic acids is 2. The van der Waals surface area contributed by atoms with E-state index in [0.717, 1.165) is 30.0 Å². The summed E-state index contributed by atoms with van der Waals surface area (Å²) in [5, 5.41) is 3.42.